The summed E-state index contributed by atoms with van der Waals surface area (Å²) in [6, 6.07) is 18.2. The Labute approximate surface area is 180 Å². The Bertz CT molecular complexity index is 1170. The Morgan fingerprint density at radius 1 is 1.03 bits per heavy atom. The van der Waals surface area contributed by atoms with Gasteiger partial charge < -0.3 is 20.6 Å². The van der Waals surface area contributed by atoms with Crippen LogP contribution >= 0.6 is 0 Å². The number of nitrogens with zero attached hydrogens (tertiary/aromatic N) is 1. The summed E-state index contributed by atoms with van der Waals surface area (Å²) in [6.45, 7) is 5.61. The summed E-state index contributed by atoms with van der Waals surface area (Å²) in [6.07, 6.45) is 0. The maximum atomic E-state index is 14.4. The number of anilines is 2. The molecule has 5 nitrogen and oxygen atoms in total. The highest BCUT2D eigenvalue weighted by molar-refractivity contribution is 5.90. The molecule has 0 radical (unpaired) electrons. The van der Waals surface area contributed by atoms with Crippen LogP contribution in [0.3, 0.4) is 0 Å². The highest BCUT2D eigenvalue weighted by Gasteiger charge is 2.47. The summed E-state index contributed by atoms with van der Waals surface area (Å²) in [7, 11) is 0. The number of benzene rings is 3. The number of aromatic hydroxyl groups is 1. The van der Waals surface area contributed by atoms with E-state index in [4.69, 9.17) is 0 Å². The van der Waals surface area contributed by atoms with Gasteiger partial charge in [0.2, 0.25) is 5.91 Å². The first-order valence-electron chi connectivity index (χ1n) is 10.4. The van der Waals surface area contributed by atoms with E-state index in [0.29, 0.717) is 22.1 Å². The van der Waals surface area contributed by atoms with Gasteiger partial charge >= 0.3 is 0 Å². The fourth-order valence-electron chi connectivity index (χ4n) is 4.50. The van der Waals surface area contributed by atoms with Crippen LogP contribution in [0.5, 0.6) is 5.75 Å². The Balaban J connectivity index is 1.44. The van der Waals surface area contributed by atoms with E-state index in [1.807, 2.05) is 24.3 Å². The quantitative estimate of drug-likeness (QED) is 0.594. The van der Waals surface area contributed by atoms with Crippen LogP contribution in [-0.2, 0) is 4.79 Å². The molecule has 2 aliphatic heterocycles. The third kappa shape index (κ3) is 3.53. The van der Waals surface area contributed by atoms with E-state index in [9.17, 15) is 14.3 Å². The second kappa shape index (κ2) is 7.39. The molecular formula is C25H24FN3O2. The molecule has 2 fully saturated rings. The average Bonchev–Trinajstić information content (AvgIpc) is 2.68. The number of amides is 1. The number of hydrogen-bond acceptors (Lipinski definition) is 4. The monoisotopic (exact) mass is 417 g/mol. The van der Waals surface area contributed by atoms with Gasteiger partial charge in [0.1, 0.15) is 11.6 Å². The van der Waals surface area contributed by atoms with Crippen molar-refractivity contribution in [2.45, 2.75) is 6.92 Å². The molecule has 0 unspecified atom stereocenters. The molecule has 3 aromatic rings. The van der Waals surface area contributed by atoms with Crippen molar-refractivity contribution in [1.29, 1.82) is 0 Å². The van der Waals surface area contributed by atoms with Gasteiger partial charge in [-0.1, -0.05) is 36.4 Å². The number of carbonyl (C=O) groups is 1. The molecule has 3 N–H and O–H groups in total. The molecule has 0 aromatic heterocycles. The molecule has 2 heterocycles. The predicted molar refractivity (Wildman–Crippen MR) is 121 cm³/mol. The predicted octanol–water partition coefficient (Wildman–Crippen LogP) is 4.23. The number of para-hydroxylation sites is 1. The number of phenols is 1. The second-order valence-corrected chi connectivity index (χ2v) is 8.59. The summed E-state index contributed by atoms with van der Waals surface area (Å²) in [4.78, 5) is 13.6. The Morgan fingerprint density at radius 2 is 1.71 bits per heavy atom. The third-order valence-electron chi connectivity index (χ3n) is 6.20. The van der Waals surface area contributed by atoms with Crippen molar-refractivity contribution in [3.05, 3.63) is 66.5 Å². The van der Waals surface area contributed by atoms with Gasteiger partial charge in [-0.25, -0.2) is 4.39 Å². The zero-order chi connectivity index (χ0) is 21.6. The Hall–Kier alpha value is -3.38. The number of halogens is 1. The van der Waals surface area contributed by atoms with Gasteiger partial charge in [-0.05, 0) is 35.4 Å². The molecule has 0 saturated carbocycles. The number of hydrogen-bond donors (Lipinski definition) is 3. The van der Waals surface area contributed by atoms with Gasteiger partial charge in [0.05, 0.1) is 5.69 Å². The zero-order valence-corrected chi connectivity index (χ0v) is 17.3. The molecule has 1 spiro atoms. The van der Waals surface area contributed by atoms with Crippen molar-refractivity contribution < 1.29 is 14.3 Å². The third-order valence-corrected chi connectivity index (χ3v) is 6.20. The topological polar surface area (TPSA) is 64.6 Å². The molecule has 1 amide bonds. The zero-order valence-electron chi connectivity index (χ0n) is 17.3. The van der Waals surface area contributed by atoms with Gasteiger partial charge in [0.25, 0.3) is 0 Å². The lowest BCUT2D eigenvalue weighted by Gasteiger charge is -2.57. The lowest BCUT2D eigenvalue weighted by Crippen LogP contribution is -2.71. The van der Waals surface area contributed by atoms with Crippen molar-refractivity contribution in [3.8, 4) is 28.0 Å². The first kappa shape index (κ1) is 19.6. The van der Waals surface area contributed by atoms with E-state index in [1.165, 1.54) is 19.1 Å². The molecule has 6 heteroatoms. The number of phenolic OH excluding ortho intramolecular Hbond substituents is 1. The van der Waals surface area contributed by atoms with E-state index in [1.54, 1.807) is 12.1 Å². The molecular weight excluding hydrogens is 393 g/mol. The lowest BCUT2D eigenvalue weighted by molar-refractivity contribution is -0.114. The van der Waals surface area contributed by atoms with Crippen LogP contribution in [0.4, 0.5) is 15.8 Å². The molecule has 0 atom stereocenters. The standard InChI is InChI=1S/C25H24FN3O2/c1-16(30)28-23-9-8-18(11-22(23)26)21-7-3-6-20(24(21)31)17-4-2-5-19(10-17)29-14-25(15-29)12-27-13-25/h2-11,27,31H,12-15H2,1H3,(H,28,30). The largest absolute Gasteiger partial charge is 0.507 e. The highest BCUT2D eigenvalue weighted by atomic mass is 19.1. The first-order chi connectivity index (χ1) is 14.9. The fourth-order valence-corrected chi connectivity index (χ4v) is 4.50. The summed E-state index contributed by atoms with van der Waals surface area (Å²) in [5.41, 5.74) is 4.40. The van der Waals surface area contributed by atoms with Crippen LogP contribution in [0.15, 0.2) is 60.7 Å². The lowest BCUT2D eigenvalue weighted by atomic mass is 9.74. The molecule has 0 aliphatic carbocycles. The minimum absolute atomic E-state index is 0.106. The van der Waals surface area contributed by atoms with Crippen LogP contribution in [-0.4, -0.2) is 37.2 Å². The summed E-state index contributed by atoms with van der Waals surface area (Å²) in [5.74, 6) is -0.774. The van der Waals surface area contributed by atoms with E-state index in [2.05, 4.69) is 27.7 Å². The molecule has 158 valence electrons. The molecule has 2 aliphatic rings. The molecule has 3 aromatic carbocycles. The first-order valence-corrected chi connectivity index (χ1v) is 10.4. The normalized spacial score (nSPS) is 16.5. The van der Waals surface area contributed by atoms with Gasteiger partial charge in [0, 0.05) is 55.3 Å². The summed E-state index contributed by atoms with van der Waals surface area (Å²) >= 11 is 0. The van der Waals surface area contributed by atoms with Crippen LogP contribution < -0.4 is 15.5 Å². The van der Waals surface area contributed by atoms with Crippen LogP contribution in [0, 0.1) is 11.2 Å². The van der Waals surface area contributed by atoms with Crippen LogP contribution in [0.2, 0.25) is 0 Å². The SMILES string of the molecule is CC(=O)Nc1ccc(-c2cccc(-c3cccc(N4CC5(CNC5)C4)c3)c2O)cc1F. The van der Waals surface area contributed by atoms with Gasteiger partial charge in [0.15, 0.2) is 0 Å². The van der Waals surface area contributed by atoms with Crippen LogP contribution in [0.1, 0.15) is 6.92 Å². The Morgan fingerprint density at radius 3 is 2.32 bits per heavy atom. The van der Waals surface area contributed by atoms with Crippen molar-refractivity contribution >= 4 is 17.3 Å². The second-order valence-electron chi connectivity index (χ2n) is 8.59. The molecule has 0 bridgehead atoms. The number of rotatable bonds is 4. The van der Waals surface area contributed by atoms with Crippen molar-refractivity contribution in [3.63, 3.8) is 0 Å². The molecule has 31 heavy (non-hydrogen) atoms. The van der Waals surface area contributed by atoms with Gasteiger partial charge in [-0.2, -0.15) is 0 Å². The Kier molecular flexibility index (Phi) is 4.67. The van der Waals surface area contributed by atoms with Crippen molar-refractivity contribution in [2.24, 2.45) is 5.41 Å². The smallest absolute Gasteiger partial charge is 0.221 e. The van der Waals surface area contributed by atoms with E-state index < -0.39 is 5.82 Å². The summed E-state index contributed by atoms with van der Waals surface area (Å²) in [5, 5.41) is 16.8. The van der Waals surface area contributed by atoms with Gasteiger partial charge in [-0.3, -0.25) is 4.79 Å². The minimum Gasteiger partial charge on any atom is -0.507 e. The van der Waals surface area contributed by atoms with Crippen molar-refractivity contribution in [1.82, 2.24) is 5.32 Å². The molecule has 5 rings (SSSR count). The molecule has 2 saturated heterocycles. The van der Waals surface area contributed by atoms with E-state index in [0.717, 1.165) is 37.4 Å². The van der Waals surface area contributed by atoms with Crippen LogP contribution in [0.25, 0.3) is 22.3 Å². The average molecular weight is 417 g/mol. The summed E-state index contributed by atoms with van der Waals surface area (Å²) < 4.78 is 14.4. The van der Waals surface area contributed by atoms with Crippen molar-refractivity contribution in [2.75, 3.05) is 36.4 Å². The maximum absolute atomic E-state index is 14.4. The van der Waals surface area contributed by atoms with Gasteiger partial charge in [-0.15, -0.1) is 0 Å². The fraction of sp³-hybridized carbons (Fsp3) is 0.240. The van der Waals surface area contributed by atoms with E-state index >= 15 is 0 Å². The minimum atomic E-state index is -0.545. The number of nitrogens with one attached hydrogen (secondary N) is 2. The number of carbonyl (C=O) groups excluding carboxylic acids is 1. The van der Waals surface area contributed by atoms with E-state index in [-0.39, 0.29) is 17.3 Å². The maximum Gasteiger partial charge on any atom is 0.221 e. The highest BCUT2D eigenvalue weighted by Crippen LogP contribution is 2.42.